The van der Waals surface area contributed by atoms with Gasteiger partial charge in [-0.15, -0.1) is 0 Å². The van der Waals surface area contributed by atoms with Crippen molar-refractivity contribution in [2.24, 2.45) is 13.0 Å². The van der Waals surface area contributed by atoms with Crippen molar-refractivity contribution in [1.29, 1.82) is 0 Å². The number of rotatable bonds is 6. The molecule has 0 aliphatic heterocycles. The second-order valence-electron chi connectivity index (χ2n) is 6.44. The van der Waals surface area contributed by atoms with E-state index in [2.05, 4.69) is 35.0 Å². The molecule has 1 aliphatic rings. The largest absolute Gasteiger partial charge is 0.342 e. The van der Waals surface area contributed by atoms with Gasteiger partial charge in [0.2, 0.25) is 0 Å². The molecule has 0 radical (unpaired) electrons. The summed E-state index contributed by atoms with van der Waals surface area (Å²) >= 11 is 0. The second kappa shape index (κ2) is 8.67. The highest BCUT2D eigenvalue weighted by Crippen LogP contribution is 2.31. The van der Waals surface area contributed by atoms with Crippen LogP contribution in [0.1, 0.15) is 51.0 Å². The van der Waals surface area contributed by atoms with Crippen LogP contribution in [0.5, 0.6) is 0 Å². The average Bonchev–Trinajstić information content (AvgIpc) is 3.40. The first-order valence-electron chi connectivity index (χ1n) is 8.92. The smallest absolute Gasteiger partial charge is 0.108 e. The van der Waals surface area contributed by atoms with Crippen LogP contribution in [-0.4, -0.2) is 21.6 Å². The maximum absolute atomic E-state index is 4.46. The molecule has 4 nitrogen and oxygen atoms in total. The molecule has 1 aliphatic carbocycles. The van der Waals surface area contributed by atoms with Crippen LogP contribution in [0.2, 0.25) is 0 Å². The first-order chi connectivity index (χ1) is 11.6. The molecule has 0 saturated heterocycles. The lowest BCUT2D eigenvalue weighted by Gasteiger charge is -2.21. The van der Waals surface area contributed by atoms with Crippen LogP contribution < -0.4 is 4.90 Å². The maximum atomic E-state index is 4.46. The van der Waals surface area contributed by atoms with E-state index in [1.165, 1.54) is 19.3 Å². The minimum atomic E-state index is 0.922. The zero-order valence-corrected chi connectivity index (χ0v) is 15.5. The van der Waals surface area contributed by atoms with Crippen molar-refractivity contribution < 1.29 is 0 Å². The fourth-order valence-corrected chi connectivity index (χ4v) is 2.58. The topological polar surface area (TPSA) is 34.0 Å². The summed E-state index contributed by atoms with van der Waals surface area (Å²) in [6.07, 6.45) is 12.0. The van der Waals surface area contributed by atoms with Crippen LogP contribution in [0.15, 0.2) is 37.3 Å². The van der Waals surface area contributed by atoms with E-state index < -0.39 is 0 Å². The lowest BCUT2D eigenvalue weighted by atomic mass is 10.3. The van der Waals surface area contributed by atoms with Crippen molar-refractivity contribution in [1.82, 2.24) is 14.5 Å². The van der Waals surface area contributed by atoms with Crippen molar-refractivity contribution in [3.63, 3.8) is 0 Å². The van der Waals surface area contributed by atoms with E-state index >= 15 is 0 Å². The van der Waals surface area contributed by atoms with E-state index in [0.29, 0.717) is 0 Å². The molecule has 0 amide bonds. The van der Waals surface area contributed by atoms with Gasteiger partial charge in [0.05, 0.1) is 29.5 Å². The number of pyridine rings is 1. The molecule has 1 saturated carbocycles. The van der Waals surface area contributed by atoms with Gasteiger partial charge in [0.25, 0.3) is 0 Å². The Labute approximate surface area is 146 Å². The molecule has 0 N–H and O–H groups in total. The monoisotopic (exact) mass is 326 g/mol. The Hall–Kier alpha value is -2.10. The number of nitrogens with zero attached hydrogens (tertiary/aromatic N) is 4. The molecule has 4 heteroatoms. The van der Waals surface area contributed by atoms with Crippen molar-refractivity contribution >= 4 is 11.4 Å². The maximum Gasteiger partial charge on any atom is 0.108 e. The van der Waals surface area contributed by atoms with Gasteiger partial charge in [0, 0.05) is 26.7 Å². The molecule has 3 rings (SSSR count). The molecule has 0 unspecified atom stereocenters. The molecular formula is C20H30N4. The van der Waals surface area contributed by atoms with Crippen LogP contribution in [0, 0.1) is 5.92 Å². The fourth-order valence-electron chi connectivity index (χ4n) is 2.58. The number of anilines is 1. The summed E-state index contributed by atoms with van der Waals surface area (Å²) < 4.78 is 2.11. The number of hydrogen-bond acceptors (Lipinski definition) is 3. The van der Waals surface area contributed by atoms with Gasteiger partial charge in [-0.3, -0.25) is 4.98 Å². The van der Waals surface area contributed by atoms with Crippen molar-refractivity contribution in [3.8, 4) is 0 Å². The van der Waals surface area contributed by atoms with Gasteiger partial charge in [-0.05, 0) is 24.5 Å². The van der Waals surface area contributed by atoms with Gasteiger partial charge in [-0.2, -0.15) is 0 Å². The summed E-state index contributed by atoms with van der Waals surface area (Å²) in [6, 6.07) is 3.94. The molecular weight excluding hydrogens is 296 g/mol. The van der Waals surface area contributed by atoms with Crippen molar-refractivity contribution in [2.75, 3.05) is 11.9 Å². The van der Waals surface area contributed by atoms with Gasteiger partial charge in [0.15, 0.2) is 0 Å². The molecule has 0 bridgehead atoms. The lowest BCUT2D eigenvalue weighted by Crippen LogP contribution is -2.17. The summed E-state index contributed by atoms with van der Waals surface area (Å²) in [5.41, 5.74) is 2.98. The van der Waals surface area contributed by atoms with E-state index in [-0.39, 0.29) is 0 Å². The van der Waals surface area contributed by atoms with E-state index in [1.807, 2.05) is 43.5 Å². The normalized spacial score (nSPS) is 13.2. The minimum absolute atomic E-state index is 0.922. The Kier molecular flexibility index (Phi) is 6.59. The molecule has 0 spiro atoms. The summed E-state index contributed by atoms with van der Waals surface area (Å²) in [6.45, 7) is 8.59. The van der Waals surface area contributed by atoms with E-state index in [4.69, 9.17) is 0 Å². The molecule has 1 fully saturated rings. The highest BCUT2D eigenvalue weighted by atomic mass is 15.2. The third-order valence-electron chi connectivity index (χ3n) is 4.57. The molecule has 0 aromatic carbocycles. The molecule has 2 heterocycles. The molecule has 2 aromatic rings. The second-order valence-corrected chi connectivity index (χ2v) is 6.44. The Morgan fingerprint density at radius 3 is 2.58 bits per heavy atom. The molecule has 24 heavy (non-hydrogen) atoms. The van der Waals surface area contributed by atoms with Crippen molar-refractivity contribution in [3.05, 3.63) is 48.8 Å². The zero-order valence-electron chi connectivity index (χ0n) is 15.5. The van der Waals surface area contributed by atoms with Crippen LogP contribution in [0.3, 0.4) is 0 Å². The Bertz CT molecular complexity index is 641. The molecule has 0 atom stereocenters. The fraction of sp³-hybridized carbons (Fsp3) is 0.500. The number of aromatic nitrogens is 3. The van der Waals surface area contributed by atoms with E-state index in [1.54, 1.807) is 6.20 Å². The van der Waals surface area contributed by atoms with Gasteiger partial charge >= 0.3 is 0 Å². The van der Waals surface area contributed by atoms with Crippen molar-refractivity contribution in [2.45, 2.75) is 46.0 Å². The standard InChI is InChI=1S/C15H20N4.C5H10/c1-5-7-15-17-11-14(19(15)4)12(2)18(3)13-8-6-9-16-10-13;1-2-5-3-4-5/h6,8-11H,2,5,7H2,1,3-4H3;5H,2-4H2,1H3. The first kappa shape index (κ1) is 18.2. The van der Waals surface area contributed by atoms with Crippen LogP contribution in [-0.2, 0) is 13.5 Å². The van der Waals surface area contributed by atoms with Crippen LogP contribution in [0.4, 0.5) is 5.69 Å². The summed E-state index contributed by atoms with van der Waals surface area (Å²) in [5, 5.41) is 0. The third kappa shape index (κ3) is 4.70. The number of hydrogen-bond donors (Lipinski definition) is 0. The first-order valence-corrected chi connectivity index (χ1v) is 8.92. The summed E-state index contributed by atoms with van der Waals surface area (Å²) in [4.78, 5) is 10.6. The van der Waals surface area contributed by atoms with Gasteiger partial charge in [0.1, 0.15) is 5.82 Å². The number of imidazole rings is 1. The number of aryl methyl sites for hydroxylation is 1. The van der Waals surface area contributed by atoms with E-state index in [0.717, 1.165) is 41.7 Å². The SMILES string of the molecule is C=C(c1cnc(CCC)n1C)N(C)c1cccnc1.CCC1CC1. The highest BCUT2D eigenvalue weighted by Gasteiger charge is 2.17. The van der Waals surface area contributed by atoms with Gasteiger partial charge in [-0.1, -0.05) is 39.7 Å². The predicted octanol–water partition coefficient (Wildman–Crippen LogP) is 4.68. The summed E-state index contributed by atoms with van der Waals surface area (Å²) in [7, 11) is 4.03. The highest BCUT2D eigenvalue weighted by molar-refractivity contribution is 5.75. The van der Waals surface area contributed by atoms with Gasteiger partial charge in [-0.25, -0.2) is 4.98 Å². The van der Waals surface area contributed by atoms with Crippen LogP contribution >= 0.6 is 0 Å². The molecule has 2 aromatic heterocycles. The van der Waals surface area contributed by atoms with Gasteiger partial charge < -0.3 is 9.47 Å². The van der Waals surface area contributed by atoms with Crippen LogP contribution in [0.25, 0.3) is 5.70 Å². The predicted molar refractivity (Wildman–Crippen MR) is 102 cm³/mol. The quantitative estimate of drug-likeness (QED) is 0.773. The molecule has 130 valence electrons. The van der Waals surface area contributed by atoms with E-state index in [9.17, 15) is 0 Å². The summed E-state index contributed by atoms with van der Waals surface area (Å²) in [5.74, 6) is 2.23. The Morgan fingerprint density at radius 2 is 2.08 bits per heavy atom. The Morgan fingerprint density at radius 1 is 1.33 bits per heavy atom. The third-order valence-corrected chi connectivity index (χ3v) is 4.57. The lowest BCUT2D eigenvalue weighted by molar-refractivity contribution is 0.752. The Balaban J connectivity index is 0.000000355. The minimum Gasteiger partial charge on any atom is -0.342 e. The average molecular weight is 326 g/mol. The zero-order chi connectivity index (χ0) is 17.5.